The van der Waals surface area contributed by atoms with Gasteiger partial charge in [0, 0.05) is 6.04 Å². The zero-order chi connectivity index (χ0) is 15.1. The van der Waals surface area contributed by atoms with Crippen LogP contribution in [0.25, 0.3) is 11.2 Å². The van der Waals surface area contributed by atoms with Crippen LogP contribution in [0, 0.1) is 0 Å². The number of rotatable bonds is 2. The van der Waals surface area contributed by atoms with E-state index in [0.717, 1.165) is 11.3 Å². The summed E-state index contributed by atoms with van der Waals surface area (Å²) in [5.74, 6) is 0.757. The minimum absolute atomic E-state index is 0.257. The van der Waals surface area contributed by atoms with E-state index >= 15 is 0 Å². The Balaban J connectivity index is 0.000000194. The summed E-state index contributed by atoms with van der Waals surface area (Å²) >= 11 is 0. The van der Waals surface area contributed by atoms with E-state index in [9.17, 15) is 0 Å². The predicted octanol–water partition coefficient (Wildman–Crippen LogP) is 2.47. The molecule has 0 aliphatic heterocycles. The van der Waals surface area contributed by atoms with Gasteiger partial charge >= 0.3 is 0 Å². The first-order valence-corrected chi connectivity index (χ1v) is 7.71. The molecule has 6 heteroatoms. The van der Waals surface area contributed by atoms with Crippen molar-refractivity contribution in [1.29, 1.82) is 0 Å². The number of anilines is 1. The van der Waals surface area contributed by atoms with E-state index in [1.54, 1.807) is 6.33 Å². The van der Waals surface area contributed by atoms with Gasteiger partial charge in [-0.15, -0.1) is 0 Å². The molecule has 0 unspecified atom stereocenters. The van der Waals surface area contributed by atoms with Crippen molar-refractivity contribution in [1.82, 2.24) is 19.9 Å². The molecule has 0 aromatic carbocycles. The SMILES string of the molecule is C1=CCCC1.CC.[B]c1nc(NC2CC2)c2[nH]cnc2n1. The first-order valence-electron chi connectivity index (χ1n) is 7.71. The van der Waals surface area contributed by atoms with Crippen molar-refractivity contribution in [3.8, 4) is 0 Å². The molecule has 5 nitrogen and oxygen atoms in total. The molecule has 0 saturated heterocycles. The van der Waals surface area contributed by atoms with Crippen LogP contribution in [0.3, 0.4) is 0 Å². The highest BCUT2D eigenvalue weighted by Crippen LogP contribution is 2.25. The maximum absolute atomic E-state index is 5.56. The molecule has 2 heterocycles. The number of aromatic amines is 1. The lowest BCUT2D eigenvalue weighted by atomic mass is 10.1. The van der Waals surface area contributed by atoms with Gasteiger partial charge < -0.3 is 10.3 Å². The standard InChI is InChI=1S/C8H8BN5.C5H8.C2H6/c9-8-13-6-5(10-3-11-6)7(14-8)12-4-1-2-4;1-2-4-5-3-1;1-2/h3-4H,1-2H2,(H2,10,11,12,13,14);1-2H,3-5H2;1-2H3. The van der Waals surface area contributed by atoms with E-state index in [2.05, 4.69) is 37.4 Å². The van der Waals surface area contributed by atoms with Gasteiger partial charge in [-0.3, -0.25) is 0 Å². The van der Waals surface area contributed by atoms with Crippen LogP contribution in [0.4, 0.5) is 5.82 Å². The molecule has 2 N–H and O–H groups in total. The predicted molar refractivity (Wildman–Crippen MR) is 88.1 cm³/mol. The lowest BCUT2D eigenvalue weighted by Gasteiger charge is -2.04. The number of nitrogens with zero attached hydrogens (tertiary/aromatic N) is 3. The van der Waals surface area contributed by atoms with Crippen LogP contribution in [0.2, 0.25) is 0 Å². The summed E-state index contributed by atoms with van der Waals surface area (Å²) in [7, 11) is 5.56. The van der Waals surface area contributed by atoms with Gasteiger partial charge in [-0.25, -0.2) is 15.0 Å². The summed E-state index contributed by atoms with van der Waals surface area (Å²) in [5, 5.41) is 3.28. The summed E-state index contributed by atoms with van der Waals surface area (Å²) in [6.45, 7) is 4.00. The van der Waals surface area contributed by atoms with Crippen molar-refractivity contribution in [2.75, 3.05) is 5.32 Å². The second-order valence-electron chi connectivity index (χ2n) is 4.85. The van der Waals surface area contributed by atoms with Crippen molar-refractivity contribution >= 4 is 30.6 Å². The van der Waals surface area contributed by atoms with Gasteiger partial charge in [-0.2, -0.15) is 0 Å². The summed E-state index contributed by atoms with van der Waals surface area (Å²) in [4.78, 5) is 15.2. The van der Waals surface area contributed by atoms with Crippen LogP contribution < -0.4 is 11.0 Å². The minimum atomic E-state index is 0.257. The van der Waals surface area contributed by atoms with Gasteiger partial charge in [0.25, 0.3) is 0 Å². The van der Waals surface area contributed by atoms with Crippen LogP contribution in [0.15, 0.2) is 18.5 Å². The zero-order valence-electron chi connectivity index (χ0n) is 12.8. The number of allylic oxidation sites excluding steroid dienone is 2. The largest absolute Gasteiger partial charge is 0.365 e. The van der Waals surface area contributed by atoms with Crippen molar-refractivity contribution in [2.24, 2.45) is 0 Å². The van der Waals surface area contributed by atoms with Crippen LogP contribution in [0.5, 0.6) is 0 Å². The van der Waals surface area contributed by atoms with E-state index in [4.69, 9.17) is 7.85 Å². The number of imidazole rings is 1. The van der Waals surface area contributed by atoms with E-state index < -0.39 is 0 Å². The van der Waals surface area contributed by atoms with Gasteiger partial charge in [0.1, 0.15) is 5.52 Å². The molecule has 1 fully saturated rings. The molecule has 0 spiro atoms. The monoisotopic (exact) mass is 283 g/mol. The van der Waals surface area contributed by atoms with E-state index in [1.807, 2.05) is 13.8 Å². The Morgan fingerprint density at radius 2 is 1.90 bits per heavy atom. The molecule has 110 valence electrons. The highest BCUT2D eigenvalue weighted by Gasteiger charge is 2.22. The van der Waals surface area contributed by atoms with Crippen molar-refractivity contribution < 1.29 is 0 Å². The molecular formula is C15H22BN5. The molecule has 0 bridgehead atoms. The Morgan fingerprint density at radius 3 is 2.48 bits per heavy atom. The Bertz CT molecular complexity index is 583. The lowest BCUT2D eigenvalue weighted by molar-refractivity contribution is 0.929. The molecule has 4 rings (SSSR count). The first-order chi connectivity index (χ1) is 10.3. The molecular weight excluding hydrogens is 261 g/mol. The number of aromatic nitrogens is 4. The second-order valence-corrected chi connectivity index (χ2v) is 4.85. The van der Waals surface area contributed by atoms with E-state index in [1.165, 1.54) is 32.1 Å². The fourth-order valence-electron chi connectivity index (χ4n) is 1.96. The average Bonchev–Trinajstić information content (AvgIpc) is 3.00. The molecule has 1 saturated carbocycles. The third-order valence-corrected chi connectivity index (χ3v) is 3.13. The summed E-state index contributed by atoms with van der Waals surface area (Å²) < 4.78 is 0. The molecule has 2 aliphatic carbocycles. The van der Waals surface area contributed by atoms with Gasteiger partial charge in [-0.1, -0.05) is 26.0 Å². The van der Waals surface area contributed by atoms with Crippen molar-refractivity contribution in [3.63, 3.8) is 0 Å². The number of H-pyrrole nitrogens is 1. The number of nitrogens with one attached hydrogen (secondary N) is 2. The average molecular weight is 283 g/mol. The lowest BCUT2D eigenvalue weighted by Crippen LogP contribution is -2.17. The normalized spacial score (nSPS) is 15.9. The molecule has 2 aliphatic rings. The van der Waals surface area contributed by atoms with Crippen LogP contribution >= 0.6 is 0 Å². The fraction of sp³-hybridized carbons (Fsp3) is 0.533. The first kappa shape index (κ1) is 15.5. The molecule has 0 amide bonds. The maximum Gasteiger partial charge on any atom is 0.182 e. The zero-order valence-corrected chi connectivity index (χ0v) is 12.8. The molecule has 0 atom stereocenters. The van der Waals surface area contributed by atoms with Gasteiger partial charge in [-0.05, 0) is 32.1 Å². The Morgan fingerprint density at radius 1 is 1.19 bits per heavy atom. The van der Waals surface area contributed by atoms with Gasteiger partial charge in [0.2, 0.25) is 0 Å². The topological polar surface area (TPSA) is 66.5 Å². The third kappa shape index (κ3) is 4.58. The van der Waals surface area contributed by atoms with E-state index in [0.29, 0.717) is 11.7 Å². The van der Waals surface area contributed by atoms with Crippen LogP contribution in [-0.4, -0.2) is 33.8 Å². The number of fused-ring (bicyclic) bond motifs is 1. The van der Waals surface area contributed by atoms with Crippen LogP contribution in [-0.2, 0) is 0 Å². The summed E-state index contributed by atoms with van der Waals surface area (Å²) in [6.07, 6.45) is 12.5. The van der Waals surface area contributed by atoms with E-state index in [-0.39, 0.29) is 5.72 Å². The molecule has 2 aromatic rings. The Kier molecular flexibility index (Phi) is 5.78. The number of hydrogen-bond donors (Lipinski definition) is 2. The Labute approximate surface area is 127 Å². The van der Waals surface area contributed by atoms with Crippen molar-refractivity contribution in [2.45, 2.75) is 52.0 Å². The molecule has 21 heavy (non-hydrogen) atoms. The molecule has 2 radical (unpaired) electrons. The minimum Gasteiger partial charge on any atom is -0.365 e. The summed E-state index contributed by atoms with van der Waals surface area (Å²) in [5.41, 5.74) is 1.69. The highest BCUT2D eigenvalue weighted by atomic mass is 15.1. The van der Waals surface area contributed by atoms with Gasteiger partial charge in [0.05, 0.1) is 12.1 Å². The van der Waals surface area contributed by atoms with Crippen LogP contribution in [0.1, 0.15) is 46.0 Å². The smallest absolute Gasteiger partial charge is 0.182 e. The third-order valence-electron chi connectivity index (χ3n) is 3.13. The number of hydrogen-bond acceptors (Lipinski definition) is 4. The van der Waals surface area contributed by atoms with Crippen molar-refractivity contribution in [3.05, 3.63) is 18.5 Å². The highest BCUT2D eigenvalue weighted by molar-refractivity contribution is 6.29. The maximum atomic E-state index is 5.56. The van der Waals surface area contributed by atoms with Gasteiger partial charge in [0.15, 0.2) is 19.3 Å². The Hall–Kier alpha value is -1.85. The fourth-order valence-corrected chi connectivity index (χ4v) is 1.96. The molecule has 2 aromatic heterocycles. The summed E-state index contributed by atoms with van der Waals surface area (Å²) in [6, 6.07) is 0.538. The second kappa shape index (κ2) is 7.81. The quantitative estimate of drug-likeness (QED) is 0.656.